The number of ketones is 1. The van der Waals surface area contributed by atoms with Gasteiger partial charge >= 0.3 is 0 Å². The molecule has 16 heavy (non-hydrogen) atoms. The van der Waals surface area contributed by atoms with Gasteiger partial charge in [-0.05, 0) is 19.1 Å². The molecule has 0 unspecified atom stereocenters. The normalized spacial score (nSPS) is 10.6. The third-order valence-corrected chi connectivity index (χ3v) is 2.18. The van der Waals surface area contributed by atoms with Crippen LogP contribution in [-0.2, 0) is 11.3 Å². The van der Waals surface area contributed by atoms with Gasteiger partial charge in [0.25, 0.3) is 5.56 Å². The number of nitrogens with zero attached hydrogens (tertiary/aromatic N) is 2. The molecular weight excluding hydrogens is 211 g/mol. The lowest BCUT2D eigenvalue weighted by Gasteiger charge is -2.03. The lowest BCUT2D eigenvalue weighted by atomic mass is 10.2. The van der Waals surface area contributed by atoms with Gasteiger partial charge in [0.15, 0.2) is 0 Å². The molecule has 0 saturated heterocycles. The number of benzene rings is 1. The van der Waals surface area contributed by atoms with Gasteiger partial charge in [0.2, 0.25) is 0 Å². The molecule has 0 saturated carbocycles. The second kappa shape index (κ2) is 3.84. The zero-order chi connectivity index (χ0) is 11.7. The predicted molar refractivity (Wildman–Crippen MR) is 56.6 cm³/mol. The molecule has 2 aromatic rings. The van der Waals surface area contributed by atoms with Crippen molar-refractivity contribution in [1.82, 2.24) is 9.55 Å². The molecule has 1 aromatic heterocycles. The fourth-order valence-corrected chi connectivity index (χ4v) is 1.48. The number of halogens is 1. The topological polar surface area (TPSA) is 52.0 Å². The second-order valence-corrected chi connectivity index (χ2v) is 3.54. The van der Waals surface area contributed by atoms with E-state index < -0.39 is 5.82 Å². The molecular formula is C11H9FN2O2. The molecule has 0 aliphatic rings. The maximum absolute atomic E-state index is 12.9. The Balaban J connectivity index is 2.66. The van der Waals surface area contributed by atoms with Crippen molar-refractivity contribution < 1.29 is 9.18 Å². The average molecular weight is 220 g/mol. The molecule has 0 amide bonds. The molecule has 2 rings (SSSR count). The summed E-state index contributed by atoms with van der Waals surface area (Å²) in [6.45, 7) is 1.38. The fourth-order valence-electron chi connectivity index (χ4n) is 1.48. The fraction of sp³-hybridized carbons (Fsp3) is 0.182. The minimum atomic E-state index is -0.441. The molecule has 0 atom stereocenters. The Hall–Kier alpha value is -2.04. The first-order valence-corrected chi connectivity index (χ1v) is 4.72. The Morgan fingerprint density at radius 3 is 2.94 bits per heavy atom. The van der Waals surface area contributed by atoms with Crippen molar-refractivity contribution in [1.29, 1.82) is 0 Å². The van der Waals surface area contributed by atoms with Crippen LogP contribution in [0.2, 0.25) is 0 Å². The third-order valence-electron chi connectivity index (χ3n) is 2.18. The molecule has 82 valence electrons. The molecule has 1 aromatic carbocycles. The summed E-state index contributed by atoms with van der Waals surface area (Å²) in [6.07, 6.45) is 1.26. The predicted octanol–water partition coefficient (Wildman–Crippen LogP) is 1.12. The van der Waals surface area contributed by atoms with E-state index in [0.29, 0.717) is 10.9 Å². The highest BCUT2D eigenvalue weighted by Crippen LogP contribution is 2.08. The van der Waals surface area contributed by atoms with Crippen molar-refractivity contribution in [3.05, 3.63) is 40.7 Å². The first-order valence-electron chi connectivity index (χ1n) is 4.72. The van der Waals surface area contributed by atoms with Crippen LogP contribution in [0.15, 0.2) is 29.3 Å². The van der Waals surface area contributed by atoms with Crippen LogP contribution in [0.4, 0.5) is 4.39 Å². The molecule has 0 fully saturated rings. The smallest absolute Gasteiger partial charge is 0.261 e. The van der Waals surface area contributed by atoms with E-state index in [-0.39, 0.29) is 17.9 Å². The summed E-state index contributed by atoms with van der Waals surface area (Å²) < 4.78 is 14.1. The van der Waals surface area contributed by atoms with Crippen LogP contribution in [0.1, 0.15) is 6.92 Å². The highest BCUT2D eigenvalue weighted by atomic mass is 19.1. The summed E-state index contributed by atoms with van der Waals surface area (Å²) in [6, 6.07) is 3.76. The standard InChI is InChI=1S/C11H9FN2O2/c1-7(15)5-14-6-13-10-4-8(12)2-3-9(10)11(14)16/h2-4,6H,5H2,1H3. The zero-order valence-corrected chi connectivity index (χ0v) is 8.61. The van der Waals surface area contributed by atoms with Crippen LogP contribution in [-0.4, -0.2) is 15.3 Å². The summed E-state index contributed by atoms with van der Waals surface area (Å²) in [5.74, 6) is -0.575. The zero-order valence-electron chi connectivity index (χ0n) is 8.61. The van der Waals surface area contributed by atoms with E-state index in [1.165, 1.54) is 36.0 Å². The monoisotopic (exact) mass is 220 g/mol. The van der Waals surface area contributed by atoms with E-state index in [4.69, 9.17) is 0 Å². The second-order valence-electron chi connectivity index (χ2n) is 3.54. The van der Waals surface area contributed by atoms with Crippen LogP contribution in [0.25, 0.3) is 10.9 Å². The minimum absolute atomic E-state index is 0.0147. The summed E-state index contributed by atoms with van der Waals surface area (Å²) in [4.78, 5) is 26.7. The van der Waals surface area contributed by atoms with Gasteiger partial charge in [-0.3, -0.25) is 14.2 Å². The molecule has 1 heterocycles. The number of hydrogen-bond acceptors (Lipinski definition) is 3. The Bertz CT molecular complexity index is 619. The molecule has 0 bridgehead atoms. The SMILES string of the molecule is CC(=O)Cn1cnc2cc(F)ccc2c1=O. The van der Waals surface area contributed by atoms with Crippen molar-refractivity contribution in [2.75, 3.05) is 0 Å². The molecule has 4 nitrogen and oxygen atoms in total. The quantitative estimate of drug-likeness (QED) is 0.762. The van der Waals surface area contributed by atoms with Crippen molar-refractivity contribution in [3.8, 4) is 0 Å². The Morgan fingerprint density at radius 2 is 2.25 bits per heavy atom. The van der Waals surface area contributed by atoms with Crippen LogP contribution in [0, 0.1) is 5.82 Å². The number of aromatic nitrogens is 2. The summed E-state index contributed by atoms with van der Waals surface area (Å²) in [5.41, 5.74) is -0.0370. The highest BCUT2D eigenvalue weighted by molar-refractivity contribution is 5.78. The largest absolute Gasteiger partial charge is 0.298 e. The number of rotatable bonds is 2. The summed E-state index contributed by atoms with van der Waals surface area (Å²) >= 11 is 0. The van der Waals surface area contributed by atoms with Crippen molar-refractivity contribution in [3.63, 3.8) is 0 Å². The minimum Gasteiger partial charge on any atom is -0.298 e. The first-order chi connectivity index (χ1) is 7.58. The van der Waals surface area contributed by atoms with Gasteiger partial charge in [-0.2, -0.15) is 0 Å². The maximum Gasteiger partial charge on any atom is 0.261 e. The van der Waals surface area contributed by atoms with Gasteiger partial charge in [0.05, 0.1) is 23.8 Å². The van der Waals surface area contributed by atoms with Gasteiger partial charge in [0.1, 0.15) is 11.6 Å². The van der Waals surface area contributed by atoms with Crippen LogP contribution >= 0.6 is 0 Å². The van der Waals surface area contributed by atoms with Gasteiger partial charge in [-0.25, -0.2) is 9.37 Å². The Kier molecular flexibility index (Phi) is 2.52. The van der Waals surface area contributed by atoms with Gasteiger partial charge in [-0.15, -0.1) is 0 Å². The van der Waals surface area contributed by atoms with Gasteiger partial charge < -0.3 is 0 Å². The molecule has 0 aliphatic carbocycles. The molecule has 0 radical (unpaired) electrons. The Labute approximate surface area is 90.3 Å². The highest BCUT2D eigenvalue weighted by Gasteiger charge is 2.06. The Morgan fingerprint density at radius 1 is 1.50 bits per heavy atom. The molecule has 5 heteroatoms. The van der Waals surface area contributed by atoms with Crippen molar-refractivity contribution >= 4 is 16.7 Å². The van der Waals surface area contributed by atoms with E-state index in [9.17, 15) is 14.0 Å². The first kappa shape index (κ1) is 10.5. The average Bonchev–Trinajstić information content (AvgIpc) is 2.22. The number of carbonyl (C=O) groups is 1. The molecule has 0 N–H and O–H groups in total. The summed E-state index contributed by atoms with van der Waals surface area (Å²) in [5, 5.41) is 0.310. The van der Waals surface area contributed by atoms with Crippen LogP contribution in [0.3, 0.4) is 0 Å². The maximum atomic E-state index is 12.9. The van der Waals surface area contributed by atoms with E-state index in [1.807, 2.05) is 0 Å². The van der Waals surface area contributed by atoms with E-state index in [1.54, 1.807) is 0 Å². The number of hydrogen-bond donors (Lipinski definition) is 0. The number of Topliss-reactive ketones (excluding diaryl/α,β-unsaturated/α-hetero) is 1. The van der Waals surface area contributed by atoms with Gasteiger partial charge in [-0.1, -0.05) is 0 Å². The van der Waals surface area contributed by atoms with Crippen molar-refractivity contribution in [2.45, 2.75) is 13.5 Å². The van der Waals surface area contributed by atoms with E-state index >= 15 is 0 Å². The van der Waals surface area contributed by atoms with Crippen LogP contribution in [0.5, 0.6) is 0 Å². The number of fused-ring (bicyclic) bond motifs is 1. The van der Waals surface area contributed by atoms with E-state index in [2.05, 4.69) is 4.98 Å². The third kappa shape index (κ3) is 1.84. The lowest BCUT2D eigenvalue weighted by Crippen LogP contribution is -2.23. The lowest BCUT2D eigenvalue weighted by molar-refractivity contribution is -0.117. The van der Waals surface area contributed by atoms with Crippen molar-refractivity contribution in [2.24, 2.45) is 0 Å². The molecule has 0 aliphatic heterocycles. The summed E-state index contributed by atoms with van der Waals surface area (Å²) in [7, 11) is 0. The van der Waals surface area contributed by atoms with Gasteiger partial charge in [0, 0.05) is 6.07 Å². The molecule has 0 spiro atoms. The van der Waals surface area contributed by atoms with Crippen LogP contribution < -0.4 is 5.56 Å². The number of carbonyl (C=O) groups excluding carboxylic acids is 1. The van der Waals surface area contributed by atoms with E-state index in [0.717, 1.165) is 0 Å².